The molecule has 1 aromatic carbocycles. The molecule has 0 bridgehead atoms. The SMILES string of the molecule is CNCC(CC1CCOCC1)c1ccc(C)cc1. The van der Waals surface area contributed by atoms with Crippen LogP contribution in [0.3, 0.4) is 0 Å². The molecule has 1 atom stereocenters. The van der Waals surface area contributed by atoms with Gasteiger partial charge in [0.1, 0.15) is 0 Å². The van der Waals surface area contributed by atoms with E-state index >= 15 is 0 Å². The van der Waals surface area contributed by atoms with E-state index in [1.165, 1.54) is 30.4 Å². The van der Waals surface area contributed by atoms with Gasteiger partial charge in [0.2, 0.25) is 0 Å². The van der Waals surface area contributed by atoms with Crippen LogP contribution >= 0.6 is 0 Å². The summed E-state index contributed by atoms with van der Waals surface area (Å²) in [4.78, 5) is 0. The highest BCUT2D eigenvalue weighted by atomic mass is 16.5. The maximum absolute atomic E-state index is 5.45. The first-order chi connectivity index (χ1) is 8.79. The number of likely N-dealkylation sites (N-methyl/N-ethyl adjacent to an activating group) is 1. The Balaban J connectivity index is 2.00. The fourth-order valence-electron chi connectivity index (χ4n) is 2.81. The van der Waals surface area contributed by atoms with Gasteiger partial charge in [0.25, 0.3) is 0 Å². The van der Waals surface area contributed by atoms with Gasteiger partial charge >= 0.3 is 0 Å². The van der Waals surface area contributed by atoms with Gasteiger partial charge in [-0.2, -0.15) is 0 Å². The molecule has 2 heteroatoms. The van der Waals surface area contributed by atoms with E-state index < -0.39 is 0 Å². The number of benzene rings is 1. The summed E-state index contributed by atoms with van der Waals surface area (Å²) in [5.74, 6) is 1.47. The summed E-state index contributed by atoms with van der Waals surface area (Å²) in [5, 5.41) is 3.34. The van der Waals surface area contributed by atoms with Crippen molar-refractivity contribution in [1.29, 1.82) is 0 Å². The Morgan fingerprint density at radius 1 is 1.22 bits per heavy atom. The highest BCUT2D eigenvalue weighted by molar-refractivity contribution is 5.24. The molecular formula is C16H25NO. The molecule has 0 aromatic heterocycles. The monoisotopic (exact) mass is 247 g/mol. The third-order valence-corrected chi connectivity index (χ3v) is 3.96. The van der Waals surface area contributed by atoms with Crippen molar-refractivity contribution in [1.82, 2.24) is 5.32 Å². The lowest BCUT2D eigenvalue weighted by Crippen LogP contribution is -2.23. The second-order valence-corrected chi connectivity index (χ2v) is 5.46. The standard InChI is InChI=1S/C16H25NO/c1-13-3-5-15(6-4-13)16(12-17-2)11-14-7-9-18-10-8-14/h3-6,14,16-17H,7-12H2,1-2H3. The van der Waals surface area contributed by atoms with E-state index in [-0.39, 0.29) is 0 Å². The number of aryl methyl sites for hydroxylation is 1. The van der Waals surface area contributed by atoms with Crippen molar-refractivity contribution in [2.24, 2.45) is 5.92 Å². The molecule has 1 N–H and O–H groups in total. The Morgan fingerprint density at radius 3 is 2.50 bits per heavy atom. The quantitative estimate of drug-likeness (QED) is 0.863. The Bertz CT molecular complexity index is 341. The number of hydrogen-bond acceptors (Lipinski definition) is 2. The zero-order chi connectivity index (χ0) is 12.8. The van der Waals surface area contributed by atoms with Gasteiger partial charge in [-0.1, -0.05) is 29.8 Å². The topological polar surface area (TPSA) is 21.3 Å². The van der Waals surface area contributed by atoms with Crippen LogP contribution in [0.2, 0.25) is 0 Å². The van der Waals surface area contributed by atoms with Crippen LogP contribution in [0.25, 0.3) is 0 Å². The van der Waals surface area contributed by atoms with Gasteiger partial charge in [0, 0.05) is 19.8 Å². The summed E-state index contributed by atoms with van der Waals surface area (Å²) in [6.07, 6.45) is 3.74. The summed E-state index contributed by atoms with van der Waals surface area (Å²) in [7, 11) is 2.05. The lowest BCUT2D eigenvalue weighted by Gasteiger charge is -2.27. The number of nitrogens with one attached hydrogen (secondary N) is 1. The van der Waals surface area contributed by atoms with Crippen LogP contribution in [0.5, 0.6) is 0 Å². The lowest BCUT2D eigenvalue weighted by molar-refractivity contribution is 0.0617. The van der Waals surface area contributed by atoms with Crippen LogP contribution in [-0.2, 0) is 4.74 Å². The molecule has 0 aliphatic carbocycles. The highest BCUT2D eigenvalue weighted by Crippen LogP contribution is 2.29. The zero-order valence-corrected chi connectivity index (χ0v) is 11.6. The van der Waals surface area contributed by atoms with E-state index in [2.05, 4.69) is 36.5 Å². The highest BCUT2D eigenvalue weighted by Gasteiger charge is 2.20. The first kappa shape index (κ1) is 13.6. The minimum absolute atomic E-state index is 0.638. The molecule has 1 fully saturated rings. The van der Waals surface area contributed by atoms with Gasteiger partial charge < -0.3 is 10.1 Å². The van der Waals surface area contributed by atoms with E-state index in [1.807, 2.05) is 7.05 Å². The minimum atomic E-state index is 0.638. The summed E-state index contributed by atoms with van der Waals surface area (Å²) in [5.41, 5.74) is 2.81. The second-order valence-electron chi connectivity index (χ2n) is 5.46. The Kier molecular flexibility index (Phi) is 5.21. The largest absolute Gasteiger partial charge is 0.381 e. The average molecular weight is 247 g/mol. The first-order valence-electron chi connectivity index (χ1n) is 7.08. The fraction of sp³-hybridized carbons (Fsp3) is 0.625. The third kappa shape index (κ3) is 3.82. The average Bonchev–Trinajstić information content (AvgIpc) is 2.40. The van der Waals surface area contributed by atoms with Crippen LogP contribution in [-0.4, -0.2) is 26.8 Å². The van der Waals surface area contributed by atoms with Gasteiger partial charge in [-0.05, 0) is 50.6 Å². The van der Waals surface area contributed by atoms with Crippen molar-refractivity contribution in [2.45, 2.75) is 32.1 Å². The van der Waals surface area contributed by atoms with Crippen LogP contribution in [0.4, 0.5) is 0 Å². The van der Waals surface area contributed by atoms with Crippen LogP contribution in [0, 0.1) is 12.8 Å². The van der Waals surface area contributed by atoms with Crippen molar-refractivity contribution < 1.29 is 4.74 Å². The van der Waals surface area contributed by atoms with E-state index in [4.69, 9.17) is 4.74 Å². The van der Waals surface area contributed by atoms with Crippen LogP contribution < -0.4 is 5.32 Å². The predicted octanol–water partition coefficient (Wildman–Crippen LogP) is 3.11. The molecule has 0 spiro atoms. The minimum Gasteiger partial charge on any atom is -0.381 e. The molecule has 1 aromatic rings. The fourth-order valence-corrected chi connectivity index (χ4v) is 2.81. The Hall–Kier alpha value is -0.860. The number of hydrogen-bond donors (Lipinski definition) is 1. The molecular weight excluding hydrogens is 222 g/mol. The lowest BCUT2D eigenvalue weighted by atomic mass is 9.85. The smallest absolute Gasteiger partial charge is 0.0468 e. The summed E-state index contributed by atoms with van der Waals surface area (Å²) in [6, 6.07) is 9.03. The van der Waals surface area contributed by atoms with Crippen molar-refractivity contribution in [3.8, 4) is 0 Å². The number of ether oxygens (including phenoxy) is 1. The van der Waals surface area contributed by atoms with E-state index in [0.29, 0.717) is 5.92 Å². The Morgan fingerprint density at radius 2 is 1.89 bits per heavy atom. The van der Waals surface area contributed by atoms with Crippen molar-refractivity contribution in [3.05, 3.63) is 35.4 Å². The summed E-state index contributed by atoms with van der Waals surface area (Å²) < 4.78 is 5.45. The molecule has 1 unspecified atom stereocenters. The van der Waals surface area contributed by atoms with Crippen LogP contribution in [0.1, 0.15) is 36.3 Å². The van der Waals surface area contributed by atoms with Gasteiger partial charge in [-0.25, -0.2) is 0 Å². The molecule has 1 aliphatic heterocycles. The van der Waals surface area contributed by atoms with Crippen molar-refractivity contribution in [3.63, 3.8) is 0 Å². The molecule has 1 saturated heterocycles. The van der Waals surface area contributed by atoms with E-state index in [9.17, 15) is 0 Å². The molecule has 0 saturated carbocycles. The normalized spacial score (nSPS) is 18.8. The molecule has 0 amide bonds. The van der Waals surface area contributed by atoms with E-state index in [1.54, 1.807) is 0 Å². The molecule has 2 rings (SSSR count). The van der Waals surface area contributed by atoms with Crippen molar-refractivity contribution in [2.75, 3.05) is 26.8 Å². The maximum atomic E-state index is 5.45. The van der Waals surface area contributed by atoms with Gasteiger partial charge in [0.15, 0.2) is 0 Å². The van der Waals surface area contributed by atoms with Crippen molar-refractivity contribution >= 4 is 0 Å². The molecule has 1 heterocycles. The van der Waals surface area contributed by atoms with Gasteiger partial charge in [-0.3, -0.25) is 0 Å². The summed E-state index contributed by atoms with van der Waals surface area (Å²) >= 11 is 0. The molecule has 18 heavy (non-hydrogen) atoms. The Labute approximate surface area is 111 Å². The first-order valence-corrected chi connectivity index (χ1v) is 7.08. The molecule has 2 nitrogen and oxygen atoms in total. The zero-order valence-electron chi connectivity index (χ0n) is 11.6. The number of rotatable bonds is 5. The van der Waals surface area contributed by atoms with Crippen LogP contribution in [0.15, 0.2) is 24.3 Å². The molecule has 1 aliphatic rings. The predicted molar refractivity (Wildman–Crippen MR) is 76.0 cm³/mol. The maximum Gasteiger partial charge on any atom is 0.0468 e. The second kappa shape index (κ2) is 6.91. The third-order valence-electron chi connectivity index (χ3n) is 3.96. The van der Waals surface area contributed by atoms with Gasteiger partial charge in [0.05, 0.1) is 0 Å². The molecule has 100 valence electrons. The van der Waals surface area contributed by atoms with Gasteiger partial charge in [-0.15, -0.1) is 0 Å². The molecule has 0 radical (unpaired) electrons. The van der Waals surface area contributed by atoms with E-state index in [0.717, 1.165) is 25.7 Å². The summed E-state index contributed by atoms with van der Waals surface area (Å²) in [6.45, 7) is 5.12.